The van der Waals surface area contributed by atoms with Gasteiger partial charge in [-0.25, -0.2) is 0 Å². The lowest BCUT2D eigenvalue weighted by atomic mass is 9.93. The van der Waals surface area contributed by atoms with Crippen LogP contribution in [0.5, 0.6) is 0 Å². The van der Waals surface area contributed by atoms with Gasteiger partial charge in [0.05, 0.1) is 6.61 Å². The molecule has 0 radical (unpaired) electrons. The van der Waals surface area contributed by atoms with Crippen molar-refractivity contribution < 1.29 is 5.11 Å². The number of aliphatic hydroxyl groups is 1. The molecule has 2 atom stereocenters. The Labute approximate surface area is 131 Å². The summed E-state index contributed by atoms with van der Waals surface area (Å²) in [5.41, 5.74) is 0.119. The molecule has 1 saturated heterocycles. The molecule has 1 fully saturated rings. The first-order valence-corrected chi connectivity index (χ1v) is 8.57. The van der Waals surface area contributed by atoms with Crippen LogP contribution < -0.4 is 5.32 Å². The van der Waals surface area contributed by atoms with Gasteiger partial charge in [-0.15, -0.1) is 0 Å². The topological polar surface area (TPSA) is 38.7 Å². The molecule has 0 aromatic rings. The Morgan fingerprint density at radius 3 is 2.10 bits per heavy atom. The molecule has 1 aliphatic heterocycles. The number of nitrogens with one attached hydrogen (secondary N) is 1. The van der Waals surface area contributed by atoms with Crippen LogP contribution in [0.25, 0.3) is 0 Å². The second kappa shape index (κ2) is 7.91. The van der Waals surface area contributed by atoms with E-state index in [4.69, 9.17) is 0 Å². The maximum Gasteiger partial charge on any atom is 0.0611 e. The van der Waals surface area contributed by atoms with Crippen LogP contribution in [0.3, 0.4) is 0 Å². The van der Waals surface area contributed by atoms with Crippen LogP contribution in [0.2, 0.25) is 0 Å². The summed E-state index contributed by atoms with van der Waals surface area (Å²) in [5.74, 6) is 0. The van der Waals surface area contributed by atoms with Crippen LogP contribution in [-0.2, 0) is 0 Å². The van der Waals surface area contributed by atoms with E-state index in [1.165, 1.54) is 0 Å². The van der Waals surface area contributed by atoms with Gasteiger partial charge in [-0.1, -0.05) is 6.92 Å². The van der Waals surface area contributed by atoms with Gasteiger partial charge in [0.1, 0.15) is 0 Å². The number of hydrogen-bond acceptors (Lipinski definition) is 4. The van der Waals surface area contributed by atoms with Crippen molar-refractivity contribution in [3.63, 3.8) is 0 Å². The summed E-state index contributed by atoms with van der Waals surface area (Å²) in [6, 6.07) is 0.508. The predicted octanol–water partition coefficient (Wildman–Crippen LogP) is 1.93. The molecular formula is C17H37N3O. The van der Waals surface area contributed by atoms with E-state index in [1.54, 1.807) is 0 Å². The monoisotopic (exact) mass is 299 g/mol. The van der Waals surface area contributed by atoms with E-state index in [9.17, 15) is 5.11 Å². The van der Waals surface area contributed by atoms with Crippen LogP contribution in [0.1, 0.15) is 54.4 Å². The van der Waals surface area contributed by atoms with E-state index >= 15 is 0 Å². The van der Waals surface area contributed by atoms with Gasteiger partial charge in [0.15, 0.2) is 0 Å². The second-order valence-electron chi connectivity index (χ2n) is 7.89. The van der Waals surface area contributed by atoms with Crippen LogP contribution in [0.15, 0.2) is 0 Å². The molecule has 2 unspecified atom stereocenters. The van der Waals surface area contributed by atoms with Gasteiger partial charge in [-0.3, -0.25) is 9.80 Å². The van der Waals surface area contributed by atoms with Crippen LogP contribution in [0, 0.1) is 0 Å². The largest absolute Gasteiger partial charge is 0.394 e. The van der Waals surface area contributed by atoms with Crippen LogP contribution >= 0.6 is 0 Å². The summed E-state index contributed by atoms with van der Waals surface area (Å²) in [5, 5.41) is 13.2. The summed E-state index contributed by atoms with van der Waals surface area (Å²) in [6.07, 6.45) is 2.10. The van der Waals surface area contributed by atoms with Crippen molar-refractivity contribution in [1.82, 2.24) is 15.1 Å². The molecule has 0 spiro atoms. The Bertz CT molecular complexity index is 295. The molecule has 4 heteroatoms. The minimum absolute atomic E-state index is 0.156. The van der Waals surface area contributed by atoms with E-state index in [2.05, 4.69) is 56.7 Å². The van der Waals surface area contributed by atoms with Crippen LogP contribution in [-0.4, -0.2) is 71.4 Å². The molecule has 0 aliphatic carbocycles. The average Bonchev–Trinajstić information content (AvgIpc) is 2.44. The Hall–Kier alpha value is -0.160. The predicted molar refractivity (Wildman–Crippen MR) is 90.8 cm³/mol. The van der Waals surface area contributed by atoms with Crippen LogP contribution in [0.4, 0.5) is 0 Å². The van der Waals surface area contributed by atoms with E-state index in [0.717, 1.165) is 45.6 Å². The second-order valence-corrected chi connectivity index (χ2v) is 7.89. The number of piperazine rings is 1. The van der Waals surface area contributed by atoms with Crippen molar-refractivity contribution >= 4 is 0 Å². The molecule has 0 aromatic carbocycles. The molecular weight excluding hydrogens is 262 g/mol. The molecule has 2 N–H and O–H groups in total. The fourth-order valence-electron chi connectivity index (χ4n) is 3.23. The minimum Gasteiger partial charge on any atom is -0.394 e. The van der Waals surface area contributed by atoms with Gasteiger partial charge in [-0.2, -0.15) is 0 Å². The van der Waals surface area contributed by atoms with Gasteiger partial charge in [-0.05, 0) is 54.0 Å². The zero-order valence-corrected chi connectivity index (χ0v) is 15.1. The van der Waals surface area contributed by atoms with Crippen molar-refractivity contribution in [3.8, 4) is 0 Å². The van der Waals surface area contributed by atoms with Gasteiger partial charge >= 0.3 is 0 Å². The molecule has 4 nitrogen and oxygen atoms in total. The first kappa shape index (κ1) is 18.9. The number of aliphatic hydroxyl groups excluding tert-OH is 1. The normalized spacial score (nSPS) is 23.0. The maximum absolute atomic E-state index is 9.72. The molecule has 126 valence electrons. The fourth-order valence-corrected chi connectivity index (χ4v) is 3.23. The molecule has 21 heavy (non-hydrogen) atoms. The Kier molecular flexibility index (Phi) is 7.11. The van der Waals surface area contributed by atoms with Crippen molar-refractivity contribution in [1.29, 1.82) is 0 Å². The summed E-state index contributed by atoms with van der Waals surface area (Å²) in [4.78, 5) is 5.14. The number of hydrogen-bond donors (Lipinski definition) is 2. The van der Waals surface area contributed by atoms with E-state index in [1.807, 2.05) is 0 Å². The fraction of sp³-hybridized carbons (Fsp3) is 1.00. The van der Waals surface area contributed by atoms with Crippen molar-refractivity contribution in [2.45, 2.75) is 71.5 Å². The van der Waals surface area contributed by atoms with E-state index in [-0.39, 0.29) is 17.7 Å². The Morgan fingerprint density at radius 2 is 1.67 bits per heavy atom. The Morgan fingerprint density at radius 1 is 1.10 bits per heavy atom. The summed E-state index contributed by atoms with van der Waals surface area (Å²) < 4.78 is 0. The molecule has 1 heterocycles. The minimum atomic E-state index is -0.156. The summed E-state index contributed by atoms with van der Waals surface area (Å²) >= 11 is 0. The average molecular weight is 300 g/mol. The zero-order chi connectivity index (χ0) is 16.1. The third kappa shape index (κ3) is 5.85. The lowest BCUT2D eigenvalue weighted by Crippen LogP contribution is -2.57. The number of nitrogens with zero attached hydrogens (tertiary/aromatic N) is 2. The molecule has 0 bridgehead atoms. The SMILES string of the molecule is CCCNC(C)(CO)CC(C)N1CCN(C(C)(C)C)CC1. The highest BCUT2D eigenvalue weighted by Crippen LogP contribution is 2.20. The van der Waals surface area contributed by atoms with Gasteiger partial charge in [0, 0.05) is 43.3 Å². The standard InChI is InChI=1S/C17H37N3O/c1-7-8-18-17(6,14-21)13-15(2)19-9-11-20(12-10-19)16(3,4)5/h15,18,21H,7-14H2,1-6H3. The zero-order valence-electron chi connectivity index (χ0n) is 15.1. The lowest BCUT2D eigenvalue weighted by molar-refractivity contribution is 0.0328. The maximum atomic E-state index is 9.72. The van der Waals surface area contributed by atoms with Gasteiger partial charge < -0.3 is 10.4 Å². The third-order valence-corrected chi connectivity index (χ3v) is 4.78. The van der Waals surface area contributed by atoms with Crippen molar-refractivity contribution in [2.24, 2.45) is 0 Å². The molecule has 0 aromatic heterocycles. The highest BCUT2D eigenvalue weighted by atomic mass is 16.3. The number of rotatable bonds is 7. The molecule has 1 rings (SSSR count). The smallest absolute Gasteiger partial charge is 0.0611 e. The van der Waals surface area contributed by atoms with Crippen molar-refractivity contribution in [2.75, 3.05) is 39.3 Å². The quantitative estimate of drug-likeness (QED) is 0.753. The van der Waals surface area contributed by atoms with E-state index < -0.39 is 0 Å². The first-order chi connectivity index (χ1) is 9.72. The summed E-state index contributed by atoms with van der Waals surface area (Å²) in [6.45, 7) is 19.2. The van der Waals surface area contributed by atoms with Crippen molar-refractivity contribution in [3.05, 3.63) is 0 Å². The molecule has 1 aliphatic rings. The first-order valence-electron chi connectivity index (χ1n) is 8.57. The highest BCUT2D eigenvalue weighted by molar-refractivity contribution is 4.89. The third-order valence-electron chi connectivity index (χ3n) is 4.78. The van der Waals surface area contributed by atoms with Gasteiger partial charge in [0.25, 0.3) is 0 Å². The highest BCUT2D eigenvalue weighted by Gasteiger charge is 2.31. The molecule has 0 amide bonds. The van der Waals surface area contributed by atoms with Gasteiger partial charge in [0.2, 0.25) is 0 Å². The van der Waals surface area contributed by atoms with E-state index in [0.29, 0.717) is 6.04 Å². The molecule has 0 saturated carbocycles. The summed E-state index contributed by atoms with van der Waals surface area (Å²) in [7, 11) is 0. The Balaban J connectivity index is 2.48. The lowest BCUT2D eigenvalue weighted by Gasteiger charge is -2.45.